The molecule has 22 heavy (non-hydrogen) atoms. The van der Waals surface area contributed by atoms with Crippen molar-refractivity contribution < 1.29 is 14.3 Å². The van der Waals surface area contributed by atoms with Gasteiger partial charge in [0, 0.05) is 6.42 Å². The van der Waals surface area contributed by atoms with Gasteiger partial charge in [-0.1, -0.05) is 49.4 Å². The maximum absolute atomic E-state index is 12.0. The fourth-order valence-corrected chi connectivity index (χ4v) is 2.38. The summed E-state index contributed by atoms with van der Waals surface area (Å²) in [5.74, 6) is -0.395. The van der Waals surface area contributed by atoms with E-state index in [1.54, 1.807) is 0 Å². The van der Waals surface area contributed by atoms with Gasteiger partial charge in [0.15, 0.2) is 0 Å². The minimum Gasteiger partial charge on any atom is -0.463 e. The lowest BCUT2D eigenvalue weighted by atomic mass is 10.1. The second-order valence-corrected chi connectivity index (χ2v) is 5.66. The third-order valence-corrected chi connectivity index (χ3v) is 3.76. The quantitative estimate of drug-likeness (QED) is 0.640. The first-order valence-electron chi connectivity index (χ1n) is 7.82. The van der Waals surface area contributed by atoms with Crippen molar-refractivity contribution in [2.45, 2.75) is 38.6 Å². The Morgan fingerprint density at radius 1 is 1.14 bits per heavy atom. The molecule has 2 atom stereocenters. The van der Waals surface area contributed by atoms with E-state index in [0.717, 1.165) is 18.4 Å². The Bertz CT molecular complexity index is 524. The number of nitrogens with one attached hydrogen (secondary N) is 1. The summed E-state index contributed by atoms with van der Waals surface area (Å²) in [5, 5.41) is 2.97. The first-order chi connectivity index (χ1) is 10.7. The molecular weight excluding hydrogens is 278 g/mol. The predicted molar refractivity (Wildman–Crippen MR) is 85.1 cm³/mol. The lowest BCUT2D eigenvalue weighted by molar-refractivity contribution is -0.149. The molecule has 1 aromatic carbocycles. The maximum Gasteiger partial charge on any atom is 0.309 e. The molecule has 0 saturated heterocycles. The average Bonchev–Trinajstić information content (AvgIpc) is 2.55. The fourth-order valence-electron chi connectivity index (χ4n) is 2.38. The van der Waals surface area contributed by atoms with Crippen LogP contribution in [-0.4, -0.2) is 18.5 Å². The van der Waals surface area contributed by atoms with Gasteiger partial charge in [-0.2, -0.15) is 0 Å². The zero-order chi connectivity index (χ0) is 15.8. The van der Waals surface area contributed by atoms with Crippen molar-refractivity contribution in [1.29, 1.82) is 0 Å². The van der Waals surface area contributed by atoms with Crippen molar-refractivity contribution in [3.63, 3.8) is 0 Å². The number of carbonyl (C=O) groups is 2. The van der Waals surface area contributed by atoms with E-state index in [2.05, 4.69) is 5.32 Å². The molecule has 0 aliphatic carbocycles. The molecule has 0 bridgehead atoms. The molecule has 1 aliphatic rings. The average molecular weight is 301 g/mol. The molecule has 1 N–H and O–H groups in total. The monoisotopic (exact) mass is 301 g/mol. The molecule has 0 spiro atoms. The van der Waals surface area contributed by atoms with Gasteiger partial charge in [0.1, 0.15) is 6.61 Å². The standard InChI is InChI=1S/C18H23NO3/c1-14-9-5-2-3-8-12-17(20)19-16(13-22-18(14)21)15-10-6-4-7-11-15/h2,4-7,10-11,14,16H,3,8-9,12-13H2,1H3,(H,19,20)/b5-2-/t14-,16?/m1/s1. The first-order valence-corrected chi connectivity index (χ1v) is 7.82. The SMILES string of the molecule is C[C@@H]1C/C=C\CCCC(=O)NC(c2ccccc2)COC1=O. The van der Waals surface area contributed by atoms with Gasteiger partial charge in [-0.25, -0.2) is 0 Å². The van der Waals surface area contributed by atoms with Gasteiger partial charge in [-0.3, -0.25) is 9.59 Å². The molecule has 2 rings (SSSR count). The molecule has 1 heterocycles. The molecule has 1 aromatic rings. The van der Waals surface area contributed by atoms with Crippen LogP contribution < -0.4 is 5.32 Å². The first kappa shape index (κ1) is 16.3. The van der Waals surface area contributed by atoms with Gasteiger partial charge in [0.2, 0.25) is 5.91 Å². The number of allylic oxidation sites excluding steroid dienone is 2. The van der Waals surface area contributed by atoms with Gasteiger partial charge >= 0.3 is 5.97 Å². The number of rotatable bonds is 1. The molecule has 1 amide bonds. The minimum absolute atomic E-state index is 0.00871. The Hall–Kier alpha value is -2.10. The topological polar surface area (TPSA) is 55.4 Å². The largest absolute Gasteiger partial charge is 0.463 e. The Morgan fingerprint density at radius 2 is 1.91 bits per heavy atom. The van der Waals surface area contributed by atoms with Gasteiger partial charge in [-0.15, -0.1) is 0 Å². The van der Waals surface area contributed by atoms with Crippen molar-refractivity contribution in [3.8, 4) is 0 Å². The van der Waals surface area contributed by atoms with Crippen molar-refractivity contribution in [1.82, 2.24) is 5.32 Å². The molecule has 4 heteroatoms. The molecular formula is C18H23NO3. The minimum atomic E-state index is -0.293. The summed E-state index contributed by atoms with van der Waals surface area (Å²) in [7, 11) is 0. The summed E-state index contributed by atoms with van der Waals surface area (Å²) < 4.78 is 5.40. The van der Waals surface area contributed by atoms with E-state index in [4.69, 9.17) is 4.74 Å². The highest BCUT2D eigenvalue weighted by Crippen LogP contribution is 2.16. The van der Waals surface area contributed by atoms with Crippen molar-refractivity contribution >= 4 is 11.9 Å². The van der Waals surface area contributed by atoms with Crippen LogP contribution in [0.2, 0.25) is 0 Å². The Morgan fingerprint density at radius 3 is 2.68 bits per heavy atom. The third kappa shape index (κ3) is 5.02. The van der Waals surface area contributed by atoms with Gasteiger partial charge < -0.3 is 10.1 Å². The fraction of sp³-hybridized carbons (Fsp3) is 0.444. The van der Waals surface area contributed by atoms with E-state index in [9.17, 15) is 9.59 Å². The lowest BCUT2D eigenvalue weighted by Crippen LogP contribution is -2.32. The molecule has 1 aliphatic heterocycles. The van der Waals surface area contributed by atoms with Crippen LogP contribution in [0, 0.1) is 5.92 Å². The smallest absolute Gasteiger partial charge is 0.309 e. The lowest BCUT2D eigenvalue weighted by Gasteiger charge is -2.20. The van der Waals surface area contributed by atoms with Crippen molar-refractivity contribution in [2.24, 2.45) is 5.92 Å². The van der Waals surface area contributed by atoms with E-state index in [1.165, 1.54) is 0 Å². The van der Waals surface area contributed by atoms with E-state index in [1.807, 2.05) is 49.4 Å². The van der Waals surface area contributed by atoms with Crippen LogP contribution in [-0.2, 0) is 14.3 Å². The summed E-state index contributed by atoms with van der Waals surface area (Å²) in [6, 6.07) is 9.32. The van der Waals surface area contributed by atoms with Crippen LogP contribution in [0.25, 0.3) is 0 Å². The highest BCUT2D eigenvalue weighted by molar-refractivity contribution is 5.76. The zero-order valence-corrected chi connectivity index (χ0v) is 13.0. The Kier molecular flexibility index (Phi) is 6.19. The molecule has 0 radical (unpaired) electrons. The summed E-state index contributed by atoms with van der Waals surface area (Å²) >= 11 is 0. The second-order valence-electron chi connectivity index (χ2n) is 5.66. The number of ether oxygens (including phenoxy) is 1. The van der Waals surface area contributed by atoms with Crippen LogP contribution in [0.15, 0.2) is 42.5 Å². The summed E-state index contributed by atoms with van der Waals surface area (Å²) in [4.78, 5) is 24.0. The third-order valence-electron chi connectivity index (χ3n) is 3.76. The highest BCUT2D eigenvalue weighted by Gasteiger charge is 2.19. The van der Waals surface area contributed by atoms with Crippen molar-refractivity contribution in [3.05, 3.63) is 48.0 Å². The Labute approximate surface area is 131 Å². The summed E-state index contributed by atoms with van der Waals surface area (Å²) in [6.45, 7) is 2.03. The zero-order valence-electron chi connectivity index (χ0n) is 13.0. The van der Waals surface area contributed by atoms with Crippen LogP contribution in [0.3, 0.4) is 0 Å². The van der Waals surface area contributed by atoms with E-state index in [0.29, 0.717) is 12.8 Å². The van der Waals surface area contributed by atoms with Crippen LogP contribution in [0.1, 0.15) is 44.2 Å². The van der Waals surface area contributed by atoms with Crippen LogP contribution in [0.4, 0.5) is 0 Å². The normalized spacial score (nSPS) is 25.9. The Balaban J connectivity index is 2.11. The van der Waals surface area contributed by atoms with Crippen LogP contribution in [0.5, 0.6) is 0 Å². The number of amides is 1. The number of benzene rings is 1. The molecule has 0 aromatic heterocycles. The van der Waals surface area contributed by atoms with E-state index in [-0.39, 0.29) is 30.4 Å². The molecule has 0 saturated carbocycles. The van der Waals surface area contributed by atoms with Gasteiger partial charge in [0.05, 0.1) is 12.0 Å². The predicted octanol–water partition coefficient (Wildman–Crippen LogP) is 3.15. The van der Waals surface area contributed by atoms with Gasteiger partial charge in [-0.05, 0) is 24.8 Å². The molecule has 0 fully saturated rings. The number of cyclic esters (lactones) is 1. The van der Waals surface area contributed by atoms with Crippen LogP contribution >= 0.6 is 0 Å². The van der Waals surface area contributed by atoms with Crippen molar-refractivity contribution in [2.75, 3.05) is 6.61 Å². The number of carbonyl (C=O) groups excluding carboxylic acids is 2. The number of hydrogen-bond acceptors (Lipinski definition) is 3. The molecule has 1 unspecified atom stereocenters. The summed E-state index contributed by atoms with van der Waals surface area (Å²) in [5.41, 5.74) is 0.948. The van der Waals surface area contributed by atoms with E-state index < -0.39 is 0 Å². The second kappa shape index (κ2) is 8.37. The van der Waals surface area contributed by atoms with Gasteiger partial charge in [0.25, 0.3) is 0 Å². The number of hydrogen-bond donors (Lipinski definition) is 1. The number of esters is 1. The maximum atomic E-state index is 12.0. The molecule has 4 nitrogen and oxygen atoms in total. The van der Waals surface area contributed by atoms with E-state index >= 15 is 0 Å². The highest BCUT2D eigenvalue weighted by atomic mass is 16.5. The molecule has 118 valence electrons. The summed E-state index contributed by atoms with van der Waals surface area (Å²) in [6.07, 6.45) is 6.85.